The van der Waals surface area contributed by atoms with Crippen LogP contribution in [0.3, 0.4) is 0 Å². The third-order valence-electron chi connectivity index (χ3n) is 2.60. The largest absolute Gasteiger partial charge is 0.398 e. The van der Waals surface area contributed by atoms with Crippen molar-refractivity contribution < 1.29 is 8.42 Å². The predicted octanol–water partition coefficient (Wildman–Crippen LogP) is 3.08. The lowest BCUT2D eigenvalue weighted by Crippen LogP contribution is -2.15. The lowest BCUT2D eigenvalue weighted by Gasteiger charge is -2.12. The van der Waals surface area contributed by atoms with Crippen LogP contribution in [0, 0.1) is 6.92 Å². The van der Waals surface area contributed by atoms with E-state index >= 15 is 0 Å². The van der Waals surface area contributed by atoms with E-state index in [0.717, 1.165) is 5.56 Å². The van der Waals surface area contributed by atoms with Crippen molar-refractivity contribution in [2.24, 2.45) is 0 Å². The van der Waals surface area contributed by atoms with Crippen LogP contribution in [0.4, 0.5) is 11.4 Å². The minimum Gasteiger partial charge on any atom is -0.398 e. The highest BCUT2D eigenvalue weighted by molar-refractivity contribution is 7.92. The van der Waals surface area contributed by atoms with Gasteiger partial charge in [-0.1, -0.05) is 23.2 Å². The molecule has 20 heavy (non-hydrogen) atoms. The quantitative estimate of drug-likeness (QED) is 0.904. The van der Waals surface area contributed by atoms with Crippen molar-refractivity contribution in [2.75, 3.05) is 10.5 Å². The van der Waals surface area contributed by atoms with E-state index in [1.165, 1.54) is 24.5 Å². The lowest BCUT2D eigenvalue weighted by molar-refractivity contribution is 0.601. The Balaban J connectivity index is 2.44. The Labute approximate surface area is 126 Å². The van der Waals surface area contributed by atoms with Gasteiger partial charge in [-0.05, 0) is 30.7 Å². The molecule has 1 aromatic carbocycles. The predicted molar refractivity (Wildman–Crippen MR) is 80.7 cm³/mol. The van der Waals surface area contributed by atoms with Crippen LogP contribution in [-0.4, -0.2) is 13.4 Å². The fraction of sp³-hybridized carbons (Fsp3) is 0.0833. The van der Waals surface area contributed by atoms with E-state index in [1.54, 1.807) is 13.0 Å². The van der Waals surface area contributed by atoms with Crippen LogP contribution in [0.25, 0.3) is 0 Å². The topological polar surface area (TPSA) is 85.1 Å². The van der Waals surface area contributed by atoms with Gasteiger partial charge in [0.05, 0.1) is 16.4 Å². The van der Waals surface area contributed by atoms with E-state index in [-0.39, 0.29) is 21.3 Å². The van der Waals surface area contributed by atoms with Crippen molar-refractivity contribution in [1.82, 2.24) is 4.98 Å². The maximum Gasteiger partial charge on any atom is 0.265 e. The highest BCUT2D eigenvalue weighted by atomic mass is 35.5. The number of pyridine rings is 1. The van der Waals surface area contributed by atoms with Gasteiger partial charge in [-0.2, -0.15) is 0 Å². The summed E-state index contributed by atoms with van der Waals surface area (Å²) in [6.07, 6.45) is 2.57. The zero-order chi connectivity index (χ0) is 14.9. The van der Waals surface area contributed by atoms with Crippen LogP contribution in [0.15, 0.2) is 35.5 Å². The van der Waals surface area contributed by atoms with Crippen LogP contribution < -0.4 is 10.5 Å². The summed E-state index contributed by atoms with van der Waals surface area (Å²) in [5.74, 6) is 0. The SMILES string of the molecule is Cc1cc(Cl)c(NS(=O)(=O)c2cnccc2N)cc1Cl. The molecule has 0 atom stereocenters. The molecule has 0 aliphatic rings. The molecular weight excluding hydrogens is 321 g/mol. The molecule has 0 saturated carbocycles. The average Bonchev–Trinajstić information content (AvgIpc) is 2.36. The van der Waals surface area contributed by atoms with Crippen LogP contribution in [0.5, 0.6) is 0 Å². The third kappa shape index (κ3) is 2.98. The number of nitrogen functional groups attached to an aromatic ring is 1. The second-order valence-corrected chi connectivity index (χ2v) is 6.57. The van der Waals surface area contributed by atoms with Gasteiger partial charge in [-0.3, -0.25) is 9.71 Å². The van der Waals surface area contributed by atoms with E-state index in [0.29, 0.717) is 5.02 Å². The molecule has 2 aromatic rings. The Morgan fingerprint density at radius 1 is 1.25 bits per heavy atom. The molecule has 0 unspecified atom stereocenters. The van der Waals surface area contributed by atoms with E-state index < -0.39 is 10.0 Å². The van der Waals surface area contributed by atoms with E-state index in [9.17, 15) is 8.42 Å². The molecule has 5 nitrogen and oxygen atoms in total. The Bertz CT molecular complexity index is 763. The molecule has 0 amide bonds. The molecule has 0 saturated heterocycles. The first-order valence-corrected chi connectivity index (χ1v) is 7.73. The summed E-state index contributed by atoms with van der Waals surface area (Å²) in [5.41, 5.74) is 6.67. The van der Waals surface area contributed by atoms with Gasteiger partial charge >= 0.3 is 0 Å². The van der Waals surface area contributed by atoms with Crippen LogP contribution >= 0.6 is 23.2 Å². The summed E-state index contributed by atoms with van der Waals surface area (Å²) in [4.78, 5) is 3.63. The van der Waals surface area contributed by atoms with Crippen molar-refractivity contribution in [2.45, 2.75) is 11.8 Å². The average molecular weight is 332 g/mol. The summed E-state index contributed by atoms with van der Waals surface area (Å²) < 4.78 is 26.8. The standard InChI is InChI=1S/C12H11Cl2N3O2S/c1-7-4-9(14)11(5-8(7)13)17-20(18,19)12-6-16-3-2-10(12)15/h2-6,17H,1H3,(H2,15,16). The normalized spacial score (nSPS) is 11.3. The summed E-state index contributed by atoms with van der Waals surface area (Å²) >= 11 is 12.0. The van der Waals surface area contributed by atoms with Gasteiger partial charge in [0, 0.05) is 17.4 Å². The number of hydrogen-bond acceptors (Lipinski definition) is 4. The number of rotatable bonds is 3. The first-order chi connectivity index (χ1) is 9.31. The van der Waals surface area contributed by atoms with Gasteiger partial charge in [-0.25, -0.2) is 8.42 Å². The minimum atomic E-state index is -3.88. The Hall–Kier alpha value is -1.50. The van der Waals surface area contributed by atoms with Gasteiger partial charge in [0.2, 0.25) is 0 Å². The van der Waals surface area contributed by atoms with E-state index in [4.69, 9.17) is 28.9 Å². The van der Waals surface area contributed by atoms with Gasteiger partial charge in [0.1, 0.15) is 4.90 Å². The number of aryl methyl sites for hydroxylation is 1. The number of nitrogens with zero attached hydrogens (tertiary/aromatic N) is 1. The fourth-order valence-corrected chi connectivity index (χ4v) is 3.17. The molecule has 2 rings (SSSR count). The van der Waals surface area contributed by atoms with Crippen molar-refractivity contribution in [3.8, 4) is 0 Å². The van der Waals surface area contributed by atoms with Crippen LogP contribution in [0.1, 0.15) is 5.56 Å². The van der Waals surface area contributed by atoms with Gasteiger partial charge in [0.15, 0.2) is 0 Å². The van der Waals surface area contributed by atoms with E-state index in [1.807, 2.05) is 0 Å². The first-order valence-electron chi connectivity index (χ1n) is 5.49. The monoisotopic (exact) mass is 331 g/mol. The number of sulfonamides is 1. The maximum atomic E-state index is 12.2. The highest BCUT2D eigenvalue weighted by Gasteiger charge is 2.19. The zero-order valence-corrected chi connectivity index (χ0v) is 12.7. The van der Waals surface area contributed by atoms with Crippen molar-refractivity contribution in [3.63, 3.8) is 0 Å². The molecule has 0 spiro atoms. The summed E-state index contributed by atoms with van der Waals surface area (Å²) in [5, 5.41) is 0.657. The molecule has 0 radical (unpaired) electrons. The van der Waals surface area contributed by atoms with Gasteiger partial charge < -0.3 is 5.73 Å². The molecule has 1 aromatic heterocycles. The molecule has 1 heterocycles. The molecule has 0 aliphatic heterocycles. The highest BCUT2D eigenvalue weighted by Crippen LogP contribution is 2.31. The minimum absolute atomic E-state index is 0.0989. The molecule has 3 N–H and O–H groups in total. The summed E-state index contributed by atoms with van der Waals surface area (Å²) in [7, 11) is -3.88. The molecule has 0 aliphatic carbocycles. The second-order valence-electron chi connectivity index (χ2n) is 4.10. The second kappa shape index (κ2) is 5.47. The molecule has 0 fully saturated rings. The zero-order valence-electron chi connectivity index (χ0n) is 10.4. The molecule has 106 valence electrons. The third-order valence-corrected chi connectivity index (χ3v) is 4.73. The molecular formula is C12H11Cl2N3O2S. The van der Waals surface area contributed by atoms with Crippen molar-refractivity contribution in [1.29, 1.82) is 0 Å². The van der Waals surface area contributed by atoms with Crippen LogP contribution in [-0.2, 0) is 10.0 Å². The fourth-order valence-electron chi connectivity index (χ4n) is 1.54. The van der Waals surface area contributed by atoms with E-state index in [2.05, 4.69) is 9.71 Å². The number of hydrogen-bond donors (Lipinski definition) is 2. The lowest BCUT2D eigenvalue weighted by atomic mass is 10.2. The number of nitrogens with one attached hydrogen (secondary N) is 1. The summed E-state index contributed by atoms with van der Waals surface area (Å²) in [6, 6.07) is 4.43. The number of nitrogens with two attached hydrogens (primary N) is 1. The van der Waals surface area contributed by atoms with Gasteiger partial charge in [0.25, 0.3) is 10.0 Å². The van der Waals surface area contributed by atoms with Crippen LogP contribution in [0.2, 0.25) is 10.0 Å². The first kappa shape index (κ1) is 14.9. The maximum absolute atomic E-state index is 12.2. The Kier molecular flexibility index (Phi) is 4.08. The smallest absolute Gasteiger partial charge is 0.265 e. The summed E-state index contributed by atoms with van der Waals surface area (Å²) in [6.45, 7) is 1.77. The number of aromatic nitrogens is 1. The van der Waals surface area contributed by atoms with Crippen molar-refractivity contribution >= 4 is 44.6 Å². The Morgan fingerprint density at radius 3 is 2.60 bits per heavy atom. The molecule has 0 bridgehead atoms. The number of halogens is 2. The number of anilines is 2. The molecule has 8 heteroatoms. The Morgan fingerprint density at radius 2 is 1.95 bits per heavy atom. The van der Waals surface area contributed by atoms with Crippen molar-refractivity contribution in [3.05, 3.63) is 46.2 Å². The number of benzene rings is 1. The van der Waals surface area contributed by atoms with Gasteiger partial charge in [-0.15, -0.1) is 0 Å².